The van der Waals surface area contributed by atoms with Gasteiger partial charge < -0.3 is 33.8 Å². The van der Waals surface area contributed by atoms with E-state index >= 15 is 0 Å². The monoisotopic (exact) mass is 1470 g/mol. The highest BCUT2D eigenvalue weighted by Crippen LogP contribution is 2.45. The Kier molecular flexibility index (Phi) is 71.2. The van der Waals surface area contributed by atoms with Crippen molar-refractivity contribution in [1.82, 2.24) is 0 Å². The highest BCUT2D eigenvalue weighted by Gasteiger charge is 2.30. The molecule has 0 bridgehead atoms. The molecule has 0 aliphatic heterocycles. The number of aliphatic hydroxyl groups is 1. The minimum atomic E-state index is -4.96. The predicted octanol–water partition coefficient (Wildman–Crippen LogP) is 24.3. The summed E-state index contributed by atoms with van der Waals surface area (Å²) in [4.78, 5) is 73.0. The van der Waals surface area contributed by atoms with Crippen LogP contribution >= 0.6 is 15.6 Å². The Morgan fingerprint density at radius 1 is 0.270 bits per heavy atom. The quantitative estimate of drug-likeness (QED) is 0.0222. The fourth-order valence-electron chi connectivity index (χ4n) is 12.5. The van der Waals surface area contributed by atoms with Crippen molar-refractivity contribution in [2.75, 3.05) is 39.6 Å². The van der Waals surface area contributed by atoms with Crippen molar-refractivity contribution in [3.63, 3.8) is 0 Å². The molecular formula is C81H158O17P2. The van der Waals surface area contributed by atoms with E-state index in [0.29, 0.717) is 31.6 Å². The van der Waals surface area contributed by atoms with Crippen LogP contribution in [0.25, 0.3) is 0 Å². The summed E-state index contributed by atoms with van der Waals surface area (Å²) in [7, 11) is -9.92. The molecule has 0 saturated heterocycles. The number of rotatable bonds is 80. The Labute approximate surface area is 613 Å². The van der Waals surface area contributed by atoms with Crippen molar-refractivity contribution in [3.05, 3.63) is 0 Å². The molecule has 100 heavy (non-hydrogen) atoms. The Bertz CT molecular complexity index is 1920. The van der Waals surface area contributed by atoms with E-state index in [0.717, 1.165) is 102 Å². The average Bonchev–Trinajstić information content (AvgIpc) is 0.959. The smallest absolute Gasteiger partial charge is 0.462 e. The fraction of sp³-hybridized carbons (Fsp3) is 0.951. The number of hydrogen-bond acceptors (Lipinski definition) is 15. The zero-order valence-corrected chi connectivity index (χ0v) is 67.3. The van der Waals surface area contributed by atoms with Gasteiger partial charge in [0.15, 0.2) is 12.2 Å². The molecule has 5 atom stereocenters. The standard InChI is InChI=1S/C81H158O17P2/c1-7-9-11-13-15-17-19-21-23-25-27-29-31-33-37-41-45-53-59-65-80(85)97-76(69-91-78(83)63-57-51-44-40-36-32-30-28-26-24-22-20-18-16-14-12-10-8-2)71-95-99(87,88)93-67-75(82)68-94-100(89,90)96-72-77(70-92-79(84)64-58-52-48-47-50-56-62-74(5)6)98-81(86)66-60-54-46-42-38-34-35-39-43-49-55-61-73(3)4/h73-77,82H,7-72H2,1-6H3,(H,87,88)(H,89,90)/t75-,76-,77-/m1/s1. The van der Waals surface area contributed by atoms with Crippen LogP contribution in [0.15, 0.2) is 0 Å². The number of phosphoric ester groups is 2. The minimum Gasteiger partial charge on any atom is -0.462 e. The van der Waals surface area contributed by atoms with Gasteiger partial charge in [-0.2, -0.15) is 0 Å². The van der Waals surface area contributed by atoms with Crippen LogP contribution in [-0.2, 0) is 65.4 Å². The molecule has 0 heterocycles. The van der Waals surface area contributed by atoms with Crippen LogP contribution in [0.2, 0.25) is 0 Å². The predicted molar refractivity (Wildman–Crippen MR) is 409 cm³/mol. The fourth-order valence-corrected chi connectivity index (χ4v) is 14.1. The Hall–Kier alpha value is -1.94. The number of unbranched alkanes of at least 4 members (excludes halogenated alkanes) is 50. The average molecular weight is 1470 g/mol. The van der Waals surface area contributed by atoms with E-state index in [9.17, 15) is 43.2 Å². The van der Waals surface area contributed by atoms with Crippen LogP contribution in [0.3, 0.4) is 0 Å². The normalized spacial score (nSPS) is 13.9. The minimum absolute atomic E-state index is 0.106. The molecule has 0 rings (SSSR count). The molecule has 0 aliphatic carbocycles. The maximum atomic E-state index is 13.1. The number of esters is 4. The first-order valence-corrected chi connectivity index (χ1v) is 45.0. The molecule has 0 amide bonds. The van der Waals surface area contributed by atoms with E-state index in [4.69, 9.17) is 37.0 Å². The number of carbonyl (C=O) groups is 4. The maximum absolute atomic E-state index is 13.1. The van der Waals surface area contributed by atoms with Crippen LogP contribution in [-0.4, -0.2) is 96.7 Å². The van der Waals surface area contributed by atoms with Crippen molar-refractivity contribution >= 4 is 39.5 Å². The lowest BCUT2D eigenvalue weighted by Gasteiger charge is -2.21. The molecule has 2 unspecified atom stereocenters. The molecule has 0 aromatic rings. The van der Waals surface area contributed by atoms with Gasteiger partial charge in [0.05, 0.1) is 26.4 Å². The van der Waals surface area contributed by atoms with E-state index in [1.807, 2.05) is 0 Å². The second-order valence-corrected chi connectivity index (χ2v) is 33.0. The first-order chi connectivity index (χ1) is 48.4. The van der Waals surface area contributed by atoms with E-state index in [1.165, 1.54) is 238 Å². The second-order valence-electron chi connectivity index (χ2n) is 30.1. The first-order valence-electron chi connectivity index (χ1n) is 42.0. The lowest BCUT2D eigenvalue weighted by Crippen LogP contribution is -2.30. The van der Waals surface area contributed by atoms with E-state index < -0.39 is 97.5 Å². The zero-order chi connectivity index (χ0) is 73.5. The third-order valence-corrected chi connectivity index (χ3v) is 20.9. The van der Waals surface area contributed by atoms with Gasteiger partial charge in [0, 0.05) is 25.7 Å². The van der Waals surface area contributed by atoms with Crippen LogP contribution in [0.4, 0.5) is 0 Å². The molecule has 0 fully saturated rings. The van der Waals surface area contributed by atoms with Gasteiger partial charge in [-0.25, -0.2) is 9.13 Å². The molecule has 0 saturated carbocycles. The highest BCUT2D eigenvalue weighted by molar-refractivity contribution is 7.47. The molecule has 0 radical (unpaired) electrons. The van der Waals surface area contributed by atoms with E-state index in [-0.39, 0.29) is 25.7 Å². The summed E-state index contributed by atoms with van der Waals surface area (Å²) in [6.45, 7) is 9.55. The first kappa shape index (κ1) is 98.1. The molecule has 17 nitrogen and oxygen atoms in total. The summed E-state index contributed by atoms with van der Waals surface area (Å²) in [5.41, 5.74) is 0. The van der Waals surface area contributed by atoms with Gasteiger partial charge in [-0.15, -0.1) is 0 Å². The molecule has 3 N–H and O–H groups in total. The largest absolute Gasteiger partial charge is 0.472 e. The summed E-state index contributed by atoms with van der Waals surface area (Å²) in [5.74, 6) is -0.666. The van der Waals surface area contributed by atoms with E-state index in [2.05, 4.69) is 41.5 Å². The van der Waals surface area contributed by atoms with Crippen molar-refractivity contribution in [3.8, 4) is 0 Å². The van der Waals surface area contributed by atoms with Crippen molar-refractivity contribution in [2.24, 2.45) is 11.8 Å². The summed E-state index contributed by atoms with van der Waals surface area (Å²) in [6, 6.07) is 0. The van der Waals surface area contributed by atoms with Crippen LogP contribution < -0.4 is 0 Å². The van der Waals surface area contributed by atoms with Gasteiger partial charge in [-0.05, 0) is 37.5 Å². The van der Waals surface area contributed by atoms with Gasteiger partial charge in [0.25, 0.3) is 0 Å². The summed E-state index contributed by atoms with van der Waals surface area (Å²) in [6.07, 6.45) is 62.7. The van der Waals surface area contributed by atoms with Crippen molar-refractivity contribution < 1.29 is 80.2 Å². The van der Waals surface area contributed by atoms with Gasteiger partial charge >= 0.3 is 39.5 Å². The number of phosphoric acid groups is 2. The van der Waals surface area contributed by atoms with Crippen molar-refractivity contribution in [1.29, 1.82) is 0 Å². The van der Waals surface area contributed by atoms with Crippen LogP contribution in [0.1, 0.15) is 427 Å². The van der Waals surface area contributed by atoms with Gasteiger partial charge in [0.1, 0.15) is 19.3 Å². The zero-order valence-electron chi connectivity index (χ0n) is 65.5. The molecule has 594 valence electrons. The SMILES string of the molecule is CCCCCCCCCCCCCCCCCCCCCC(=O)O[C@H](COC(=O)CCCCCCCCCCCCCCCCCCCC)COP(=O)(O)OC[C@@H](O)COP(=O)(O)OC[C@@H](COC(=O)CCCCCCCCC(C)C)OC(=O)CCCCCCCCCCCCCC(C)C. The topological polar surface area (TPSA) is 237 Å². The molecule has 0 aromatic heterocycles. The Morgan fingerprint density at radius 2 is 0.460 bits per heavy atom. The molecular weight excluding hydrogens is 1310 g/mol. The number of carbonyl (C=O) groups excluding carboxylic acids is 4. The van der Waals surface area contributed by atoms with E-state index in [1.54, 1.807) is 0 Å². The Balaban J connectivity index is 5.22. The van der Waals surface area contributed by atoms with Crippen molar-refractivity contribution in [2.45, 2.75) is 445 Å². The second kappa shape index (κ2) is 72.6. The number of ether oxygens (including phenoxy) is 4. The molecule has 19 heteroatoms. The number of hydrogen-bond donors (Lipinski definition) is 3. The highest BCUT2D eigenvalue weighted by atomic mass is 31.2. The number of aliphatic hydroxyl groups excluding tert-OH is 1. The lowest BCUT2D eigenvalue weighted by molar-refractivity contribution is -0.161. The molecule has 0 spiro atoms. The van der Waals surface area contributed by atoms with Gasteiger partial charge in [-0.1, -0.05) is 375 Å². The van der Waals surface area contributed by atoms with Gasteiger partial charge in [-0.3, -0.25) is 37.3 Å². The third-order valence-electron chi connectivity index (χ3n) is 19.0. The van der Waals surface area contributed by atoms with Crippen LogP contribution in [0.5, 0.6) is 0 Å². The summed E-state index contributed by atoms with van der Waals surface area (Å²) < 4.78 is 68.7. The lowest BCUT2D eigenvalue weighted by atomic mass is 10.0. The third kappa shape index (κ3) is 74.3. The molecule has 0 aromatic carbocycles. The summed E-state index contributed by atoms with van der Waals surface area (Å²) >= 11 is 0. The van der Waals surface area contributed by atoms with Crippen LogP contribution in [0, 0.1) is 11.8 Å². The maximum Gasteiger partial charge on any atom is 0.472 e. The summed E-state index contributed by atoms with van der Waals surface area (Å²) in [5, 5.41) is 10.6. The van der Waals surface area contributed by atoms with Gasteiger partial charge in [0.2, 0.25) is 0 Å². The molecule has 0 aliphatic rings. The Morgan fingerprint density at radius 3 is 0.680 bits per heavy atom.